The molecule has 0 aliphatic rings. The minimum atomic E-state index is -0.207. The van der Waals surface area contributed by atoms with Crippen LogP contribution in [0.5, 0.6) is 11.5 Å². The fourth-order valence-corrected chi connectivity index (χ4v) is 2.06. The Kier molecular flexibility index (Phi) is 7.29. The van der Waals surface area contributed by atoms with E-state index in [1.54, 1.807) is 20.3 Å². The van der Waals surface area contributed by atoms with Crippen LogP contribution in [-0.2, 0) is 11.3 Å². The summed E-state index contributed by atoms with van der Waals surface area (Å²) in [5.74, 6) is 1.40. The van der Waals surface area contributed by atoms with E-state index in [2.05, 4.69) is 12.2 Å². The monoisotopic (exact) mass is 315 g/mol. The van der Waals surface area contributed by atoms with Gasteiger partial charge in [0.25, 0.3) is 0 Å². The molecule has 0 radical (unpaired) electrons. The number of benzene rings is 1. The summed E-state index contributed by atoms with van der Waals surface area (Å²) in [5.41, 5.74) is 0.790. The zero-order valence-corrected chi connectivity index (χ0v) is 14.3. The molecule has 0 amide bonds. The lowest BCUT2D eigenvalue weighted by molar-refractivity contribution is 0.00516. The Bertz CT molecular complexity index is 449. The first-order valence-corrected chi connectivity index (χ1v) is 7.56. The Morgan fingerprint density at radius 2 is 1.95 bits per heavy atom. The quantitative estimate of drug-likeness (QED) is 0.755. The molecule has 0 fully saturated rings. The van der Waals surface area contributed by atoms with Crippen LogP contribution in [0.2, 0.25) is 5.02 Å². The van der Waals surface area contributed by atoms with Crippen molar-refractivity contribution in [2.75, 3.05) is 27.4 Å². The van der Waals surface area contributed by atoms with Crippen LogP contribution in [0.15, 0.2) is 12.1 Å². The predicted octanol–water partition coefficient (Wildman–Crippen LogP) is 3.65. The molecular weight excluding hydrogens is 290 g/mol. The lowest BCUT2D eigenvalue weighted by Crippen LogP contribution is -2.25. The highest BCUT2D eigenvalue weighted by Crippen LogP contribution is 2.35. The Morgan fingerprint density at radius 3 is 2.52 bits per heavy atom. The largest absolute Gasteiger partial charge is 0.493 e. The molecule has 1 N–H and O–H groups in total. The van der Waals surface area contributed by atoms with Gasteiger partial charge in [-0.2, -0.15) is 0 Å². The molecule has 0 atom stereocenters. The van der Waals surface area contributed by atoms with Gasteiger partial charge in [0.2, 0.25) is 0 Å². The van der Waals surface area contributed by atoms with Crippen molar-refractivity contribution >= 4 is 11.6 Å². The van der Waals surface area contributed by atoms with Crippen molar-refractivity contribution in [1.82, 2.24) is 5.32 Å². The van der Waals surface area contributed by atoms with Crippen molar-refractivity contribution in [2.24, 2.45) is 0 Å². The van der Waals surface area contributed by atoms with Gasteiger partial charge in [0.05, 0.1) is 19.3 Å². The molecule has 0 bridgehead atoms. The van der Waals surface area contributed by atoms with Crippen LogP contribution in [0.1, 0.15) is 32.8 Å². The summed E-state index contributed by atoms with van der Waals surface area (Å²) >= 11 is 6.13. The molecule has 21 heavy (non-hydrogen) atoms. The molecule has 1 aromatic rings. The molecule has 0 unspecified atom stereocenters. The maximum absolute atomic E-state index is 6.13. The lowest BCUT2D eigenvalue weighted by atomic mass is 10.1. The third-order valence-corrected chi connectivity index (χ3v) is 3.60. The van der Waals surface area contributed by atoms with Gasteiger partial charge in [-0.05, 0) is 26.5 Å². The molecule has 4 nitrogen and oxygen atoms in total. The molecule has 1 rings (SSSR count). The molecule has 0 aliphatic carbocycles. The normalized spacial score (nSPS) is 11.5. The minimum absolute atomic E-state index is 0.207. The second kappa shape index (κ2) is 8.47. The van der Waals surface area contributed by atoms with E-state index in [1.165, 1.54) is 0 Å². The van der Waals surface area contributed by atoms with Crippen molar-refractivity contribution in [3.8, 4) is 11.5 Å². The number of halogens is 1. The molecule has 1 aromatic carbocycles. The lowest BCUT2D eigenvalue weighted by Gasteiger charge is -2.23. The number of nitrogens with one attached hydrogen (secondary N) is 1. The van der Waals surface area contributed by atoms with E-state index in [1.807, 2.05) is 19.9 Å². The van der Waals surface area contributed by atoms with Gasteiger partial charge in [0, 0.05) is 36.7 Å². The Labute approximate surface area is 132 Å². The van der Waals surface area contributed by atoms with Crippen molar-refractivity contribution in [3.63, 3.8) is 0 Å². The summed E-state index contributed by atoms with van der Waals surface area (Å²) in [5, 5.41) is 3.93. The minimum Gasteiger partial charge on any atom is -0.493 e. The average Bonchev–Trinajstić information content (AvgIpc) is 2.46. The summed E-state index contributed by atoms with van der Waals surface area (Å²) in [4.78, 5) is 0. The van der Waals surface area contributed by atoms with E-state index >= 15 is 0 Å². The smallest absolute Gasteiger partial charge is 0.165 e. The summed E-state index contributed by atoms with van der Waals surface area (Å²) in [7, 11) is 3.33. The van der Waals surface area contributed by atoms with Gasteiger partial charge < -0.3 is 19.5 Å². The fraction of sp³-hybridized carbons (Fsp3) is 0.625. The second-order valence-electron chi connectivity index (χ2n) is 5.44. The van der Waals surface area contributed by atoms with Gasteiger partial charge in [-0.3, -0.25) is 0 Å². The van der Waals surface area contributed by atoms with Crippen LogP contribution < -0.4 is 14.8 Å². The van der Waals surface area contributed by atoms with Crippen LogP contribution in [-0.4, -0.2) is 33.0 Å². The van der Waals surface area contributed by atoms with Crippen LogP contribution in [0.4, 0.5) is 0 Å². The third-order valence-electron chi connectivity index (χ3n) is 3.39. The van der Waals surface area contributed by atoms with E-state index in [0.29, 0.717) is 23.9 Å². The van der Waals surface area contributed by atoms with E-state index < -0.39 is 0 Å². The first-order valence-electron chi connectivity index (χ1n) is 7.18. The summed E-state index contributed by atoms with van der Waals surface area (Å²) in [6.45, 7) is 8.26. The van der Waals surface area contributed by atoms with Gasteiger partial charge in [-0.1, -0.05) is 18.5 Å². The maximum atomic E-state index is 6.13. The number of hydrogen-bond donors (Lipinski definition) is 1. The van der Waals surface area contributed by atoms with Crippen LogP contribution >= 0.6 is 11.6 Å². The highest BCUT2D eigenvalue weighted by atomic mass is 35.5. The number of rotatable bonds is 9. The zero-order chi connectivity index (χ0) is 15.9. The van der Waals surface area contributed by atoms with E-state index in [-0.39, 0.29) is 5.60 Å². The zero-order valence-electron chi connectivity index (χ0n) is 13.6. The van der Waals surface area contributed by atoms with Crippen LogP contribution in [0, 0.1) is 0 Å². The topological polar surface area (TPSA) is 39.7 Å². The van der Waals surface area contributed by atoms with Crippen molar-refractivity contribution < 1.29 is 14.2 Å². The third kappa shape index (κ3) is 5.73. The van der Waals surface area contributed by atoms with Crippen LogP contribution in [0.25, 0.3) is 0 Å². The van der Waals surface area contributed by atoms with Crippen molar-refractivity contribution in [3.05, 3.63) is 22.7 Å². The first kappa shape index (κ1) is 18.1. The van der Waals surface area contributed by atoms with E-state index in [9.17, 15) is 0 Å². The van der Waals surface area contributed by atoms with Crippen molar-refractivity contribution in [2.45, 2.75) is 39.3 Å². The predicted molar refractivity (Wildman–Crippen MR) is 86.6 cm³/mol. The van der Waals surface area contributed by atoms with Gasteiger partial charge >= 0.3 is 0 Å². The molecule has 0 spiro atoms. The van der Waals surface area contributed by atoms with E-state index in [0.717, 1.165) is 24.3 Å². The van der Waals surface area contributed by atoms with Gasteiger partial charge in [0.15, 0.2) is 11.5 Å². The maximum Gasteiger partial charge on any atom is 0.165 e. The summed E-state index contributed by atoms with van der Waals surface area (Å²) in [6, 6.07) is 3.68. The Balaban J connectivity index is 2.86. The first-order chi connectivity index (χ1) is 9.93. The standard InChI is InChI=1S/C16H26ClNO3/c1-6-18-11-12-9-13(17)10-14(19-4)15(12)21-8-7-16(2,3)20-5/h9-10,18H,6-8,11H2,1-5H3. The van der Waals surface area contributed by atoms with Crippen molar-refractivity contribution in [1.29, 1.82) is 0 Å². The fourth-order valence-electron chi connectivity index (χ4n) is 1.83. The SMILES string of the molecule is CCNCc1cc(Cl)cc(OC)c1OCCC(C)(C)OC. The Morgan fingerprint density at radius 1 is 1.24 bits per heavy atom. The number of hydrogen-bond acceptors (Lipinski definition) is 4. The van der Waals surface area contributed by atoms with Gasteiger partial charge in [-0.25, -0.2) is 0 Å². The molecule has 0 aromatic heterocycles. The molecule has 0 saturated heterocycles. The van der Waals surface area contributed by atoms with Gasteiger partial charge in [-0.15, -0.1) is 0 Å². The molecule has 0 aliphatic heterocycles. The van der Waals surface area contributed by atoms with Gasteiger partial charge in [0.1, 0.15) is 0 Å². The van der Waals surface area contributed by atoms with E-state index in [4.69, 9.17) is 25.8 Å². The average molecular weight is 316 g/mol. The number of ether oxygens (including phenoxy) is 3. The summed E-state index contributed by atoms with van der Waals surface area (Å²) in [6.07, 6.45) is 0.788. The number of methoxy groups -OCH3 is 2. The Hall–Kier alpha value is -0.970. The summed E-state index contributed by atoms with van der Waals surface area (Å²) < 4.78 is 16.7. The highest BCUT2D eigenvalue weighted by molar-refractivity contribution is 6.30. The molecule has 120 valence electrons. The molecular formula is C16H26ClNO3. The molecule has 0 saturated carbocycles. The molecule has 5 heteroatoms. The van der Waals surface area contributed by atoms with Crippen LogP contribution in [0.3, 0.4) is 0 Å². The second-order valence-corrected chi connectivity index (χ2v) is 5.88. The molecule has 0 heterocycles. The highest BCUT2D eigenvalue weighted by Gasteiger charge is 2.18.